The lowest BCUT2D eigenvalue weighted by Gasteiger charge is -2.09. The monoisotopic (exact) mass is 296 g/mol. The highest BCUT2D eigenvalue weighted by atomic mass is 35.5. The molecule has 0 aliphatic carbocycles. The Kier molecular flexibility index (Phi) is 4.20. The molecule has 0 spiro atoms. The minimum Gasteiger partial charge on any atom is -0.486 e. The van der Waals surface area contributed by atoms with Gasteiger partial charge in [-0.15, -0.1) is 0 Å². The van der Waals surface area contributed by atoms with Gasteiger partial charge < -0.3 is 10.5 Å². The van der Waals surface area contributed by atoms with Crippen LogP contribution < -0.4 is 10.5 Å². The van der Waals surface area contributed by atoms with Gasteiger partial charge in [0.15, 0.2) is 11.6 Å². The molecular weight excluding hydrogens is 286 g/mol. The van der Waals surface area contributed by atoms with Crippen molar-refractivity contribution in [1.29, 1.82) is 5.41 Å². The fraction of sp³-hybridized carbons (Fsp3) is 0.0714. The minimum absolute atomic E-state index is 0.00439. The summed E-state index contributed by atoms with van der Waals surface area (Å²) >= 11 is 5.56. The molecule has 2 rings (SSSR count). The van der Waals surface area contributed by atoms with Crippen LogP contribution in [-0.2, 0) is 6.61 Å². The van der Waals surface area contributed by atoms with Gasteiger partial charge in [-0.1, -0.05) is 17.7 Å². The van der Waals surface area contributed by atoms with Gasteiger partial charge in [0, 0.05) is 5.56 Å². The standard InChI is InChI=1S/C14H11ClF2N2O/c15-10-3-1-8(5-11(10)16)7-20-13-4-2-9(14(18)19)6-12(13)17/h1-6H,7H2,(H3,18,19). The van der Waals surface area contributed by atoms with E-state index in [1.807, 2.05) is 0 Å². The molecule has 20 heavy (non-hydrogen) atoms. The van der Waals surface area contributed by atoms with Crippen molar-refractivity contribution in [2.75, 3.05) is 0 Å². The molecular formula is C14H11ClF2N2O. The second-order valence-electron chi connectivity index (χ2n) is 4.10. The third-order valence-corrected chi connectivity index (χ3v) is 2.93. The van der Waals surface area contributed by atoms with Gasteiger partial charge >= 0.3 is 0 Å². The Labute approximate surface area is 119 Å². The Bertz CT molecular complexity index is 662. The van der Waals surface area contributed by atoms with Crippen molar-refractivity contribution in [2.24, 2.45) is 5.73 Å². The SMILES string of the molecule is N=C(N)c1ccc(OCc2ccc(Cl)c(F)c2)c(F)c1. The molecule has 0 atom stereocenters. The highest BCUT2D eigenvalue weighted by Gasteiger charge is 2.07. The number of hydrogen-bond donors (Lipinski definition) is 2. The maximum Gasteiger partial charge on any atom is 0.165 e. The molecule has 3 nitrogen and oxygen atoms in total. The zero-order chi connectivity index (χ0) is 14.7. The summed E-state index contributed by atoms with van der Waals surface area (Å²) in [7, 11) is 0. The molecule has 0 heterocycles. The molecule has 2 aromatic carbocycles. The Morgan fingerprint density at radius 1 is 1.15 bits per heavy atom. The number of hydrogen-bond acceptors (Lipinski definition) is 2. The number of nitrogen functional groups attached to an aromatic ring is 1. The maximum absolute atomic E-state index is 13.7. The van der Waals surface area contributed by atoms with Gasteiger partial charge in [-0.3, -0.25) is 5.41 Å². The second-order valence-corrected chi connectivity index (χ2v) is 4.50. The number of amidine groups is 1. The van der Waals surface area contributed by atoms with E-state index < -0.39 is 11.6 Å². The summed E-state index contributed by atoms with van der Waals surface area (Å²) in [6.45, 7) is 0.00439. The minimum atomic E-state index is -0.632. The Morgan fingerprint density at radius 2 is 1.90 bits per heavy atom. The molecule has 0 saturated heterocycles. The van der Waals surface area contributed by atoms with Crippen molar-refractivity contribution in [3.8, 4) is 5.75 Å². The van der Waals surface area contributed by atoms with Crippen LogP contribution in [-0.4, -0.2) is 5.84 Å². The number of benzene rings is 2. The molecule has 0 aliphatic rings. The van der Waals surface area contributed by atoms with E-state index in [4.69, 9.17) is 27.5 Å². The highest BCUT2D eigenvalue weighted by Crippen LogP contribution is 2.21. The lowest BCUT2D eigenvalue weighted by molar-refractivity contribution is 0.290. The van der Waals surface area contributed by atoms with E-state index in [1.165, 1.54) is 24.3 Å². The van der Waals surface area contributed by atoms with E-state index in [2.05, 4.69) is 0 Å². The third-order valence-electron chi connectivity index (χ3n) is 2.62. The second kappa shape index (κ2) is 5.88. The van der Waals surface area contributed by atoms with Crippen LogP contribution in [0.3, 0.4) is 0 Å². The number of nitrogens with two attached hydrogens (primary N) is 1. The molecule has 2 aromatic rings. The van der Waals surface area contributed by atoms with Gasteiger partial charge in [0.2, 0.25) is 0 Å². The normalized spacial score (nSPS) is 10.3. The van der Waals surface area contributed by atoms with E-state index in [0.29, 0.717) is 5.56 Å². The number of ether oxygens (including phenoxy) is 1. The summed E-state index contributed by atoms with van der Waals surface area (Å²) in [5.74, 6) is -1.41. The Morgan fingerprint density at radius 3 is 2.50 bits per heavy atom. The van der Waals surface area contributed by atoms with Crippen molar-refractivity contribution < 1.29 is 13.5 Å². The average Bonchev–Trinajstić information content (AvgIpc) is 2.41. The van der Waals surface area contributed by atoms with Gasteiger partial charge in [-0.25, -0.2) is 8.78 Å². The molecule has 3 N–H and O–H groups in total. The largest absolute Gasteiger partial charge is 0.486 e. The first-order chi connectivity index (χ1) is 9.47. The van der Waals surface area contributed by atoms with Crippen LogP contribution in [0.1, 0.15) is 11.1 Å². The molecule has 0 amide bonds. The first-order valence-corrected chi connectivity index (χ1v) is 6.06. The van der Waals surface area contributed by atoms with Gasteiger partial charge in [-0.2, -0.15) is 0 Å². The molecule has 104 valence electrons. The number of halogens is 3. The lowest BCUT2D eigenvalue weighted by Crippen LogP contribution is -2.11. The van der Waals surface area contributed by atoms with Crippen LogP contribution in [0.4, 0.5) is 8.78 Å². The van der Waals surface area contributed by atoms with Crippen LogP contribution in [0.15, 0.2) is 36.4 Å². The smallest absolute Gasteiger partial charge is 0.165 e. The molecule has 0 bridgehead atoms. The Hall–Kier alpha value is -2.14. The summed E-state index contributed by atoms with van der Waals surface area (Å²) in [4.78, 5) is 0. The predicted octanol–water partition coefficient (Wildman–Crippen LogP) is 3.48. The van der Waals surface area contributed by atoms with Crippen molar-refractivity contribution in [3.05, 3.63) is 64.2 Å². The van der Waals surface area contributed by atoms with Crippen molar-refractivity contribution >= 4 is 17.4 Å². The van der Waals surface area contributed by atoms with Crippen LogP contribution >= 0.6 is 11.6 Å². The van der Waals surface area contributed by atoms with Crippen LogP contribution in [0.5, 0.6) is 5.75 Å². The molecule has 0 fully saturated rings. The van der Waals surface area contributed by atoms with E-state index in [-0.39, 0.29) is 28.8 Å². The first kappa shape index (κ1) is 14.3. The topological polar surface area (TPSA) is 59.1 Å². The van der Waals surface area contributed by atoms with Crippen molar-refractivity contribution in [1.82, 2.24) is 0 Å². The summed E-state index contributed by atoms with van der Waals surface area (Å²) in [6.07, 6.45) is 0. The van der Waals surface area contributed by atoms with Crippen LogP contribution in [0.25, 0.3) is 0 Å². The summed E-state index contributed by atoms with van der Waals surface area (Å²) in [6, 6.07) is 8.18. The van der Waals surface area contributed by atoms with Crippen LogP contribution in [0, 0.1) is 17.0 Å². The molecule has 0 saturated carbocycles. The lowest BCUT2D eigenvalue weighted by atomic mass is 10.2. The highest BCUT2D eigenvalue weighted by molar-refractivity contribution is 6.30. The fourth-order valence-corrected chi connectivity index (χ4v) is 1.69. The van der Waals surface area contributed by atoms with E-state index in [0.717, 1.165) is 6.07 Å². The molecule has 0 unspecified atom stereocenters. The van der Waals surface area contributed by atoms with Crippen molar-refractivity contribution in [3.63, 3.8) is 0 Å². The van der Waals surface area contributed by atoms with E-state index >= 15 is 0 Å². The van der Waals surface area contributed by atoms with Gasteiger partial charge in [0.25, 0.3) is 0 Å². The zero-order valence-corrected chi connectivity index (χ0v) is 11.0. The summed E-state index contributed by atoms with van der Waals surface area (Å²) in [5.41, 5.74) is 6.05. The average molecular weight is 297 g/mol. The van der Waals surface area contributed by atoms with Crippen LogP contribution in [0.2, 0.25) is 5.02 Å². The molecule has 0 aliphatic heterocycles. The summed E-state index contributed by atoms with van der Waals surface area (Å²) < 4.78 is 32.2. The van der Waals surface area contributed by atoms with E-state index in [9.17, 15) is 8.78 Å². The number of nitrogens with one attached hydrogen (secondary N) is 1. The maximum atomic E-state index is 13.7. The van der Waals surface area contributed by atoms with Gasteiger partial charge in [-0.05, 0) is 35.9 Å². The third kappa shape index (κ3) is 3.24. The first-order valence-electron chi connectivity index (χ1n) is 5.68. The fourth-order valence-electron chi connectivity index (χ4n) is 1.58. The van der Waals surface area contributed by atoms with Gasteiger partial charge in [0.05, 0.1) is 5.02 Å². The Balaban J connectivity index is 2.10. The number of rotatable bonds is 4. The quantitative estimate of drug-likeness (QED) is 0.670. The molecule has 0 radical (unpaired) electrons. The zero-order valence-electron chi connectivity index (χ0n) is 10.3. The van der Waals surface area contributed by atoms with E-state index in [1.54, 1.807) is 6.07 Å². The molecule has 0 aromatic heterocycles. The summed E-state index contributed by atoms with van der Waals surface area (Å²) in [5, 5.41) is 7.22. The van der Waals surface area contributed by atoms with Crippen molar-refractivity contribution in [2.45, 2.75) is 6.61 Å². The van der Waals surface area contributed by atoms with Gasteiger partial charge in [0.1, 0.15) is 18.3 Å². The molecule has 6 heteroatoms. The predicted molar refractivity (Wildman–Crippen MR) is 73.2 cm³/mol.